The minimum absolute atomic E-state index is 0.285. The summed E-state index contributed by atoms with van der Waals surface area (Å²) in [5, 5.41) is 7.47. The van der Waals surface area contributed by atoms with Crippen molar-refractivity contribution in [3.8, 4) is 0 Å². The molecule has 0 fully saturated rings. The highest BCUT2D eigenvalue weighted by atomic mass is 16.6. The summed E-state index contributed by atoms with van der Waals surface area (Å²) in [5.41, 5.74) is 10.7. The average Bonchev–Trinajstić information content (AvgIpc) is 3.10. The van der Waals surface area contributed by atoms with E-state index in [1.165, 1.54) is 0 Å². The Kier molecular flexibility index (Phi) is 7.33. The van der Waals surface area contributed by atoms with E-state index in [0.717, 1.165) is 41.5 Å². The molecule has 0 bridgehead atoms. The Bertz CT molecular complexity index is 1180. The molecule has 0 saturated heterocycles. The summed E-state index contributed by atoms with van der Waals surface area (Å²) < 4.78 is 7.38. The van der Waals surface area contributed by atoms with E-state index in [-0.39, 0.29) is 5.82 Å². The molecule has 9 nitrogen and oxygen atoms in total. The monoisotopic (exact) mass is 435 g/mol. The molecule has 0 spiro atoms. The number of fused-ring (bicyclic) bond motifs is 3. The van der Waals surface area contributed by atoms with Gasteiger partial charge in [0.05, 0.1) is 11.0 Å². The van der Waals surface area contributed by atoms with E-state index in [0.29, 0.717) is 18.6 Å². The van der Waals surface area contributed by atoms with Gasteiger partial charge in [0, 0.05) is 29.8 Å². The third kappa shape index (κ3) is 5.56. The lowest BCUT2D eigenvalue weighted by atomic mass is 10.2. The molecule has 168 valence electrons. The van der Waals surface area contributed by atoms with Crippen LogP contribution in [-0.4, -0.2) is 32.8 Å². The summed E-state index contributed by atoms with van der Waals surface area (Å²) in [6.45, 7) is 8.54. The highest BCUT2D eigenvalue weighted by Gasteiger charge is 2.17. The van der Waals surface area contributed by atoms with Gasteiger partial charge in [-0.25, -0.2) is 14.8 Å². The smallest absolute Gasteiger partial charge is 0.407 e. The van der Waals surface area contributed by atoms with Crippen molar-refractivity contribution in [1.82, 2.24) is 19.9 Å². The van der Waals surface area contributed by atoms with Crippen molar-refractivity contribution < 1.29 is 9.53 Å². The predicted octanol–water partition coefficient (Wildman–Crippen LogP) is 5.95. The Hall–Kier alpha value is -3.58. The summed E-state index contributed by atoms with van der Waals surface area (Å²) in [4.78, 5) is 24.1. The number of aromatic nitrogens is 3. The number of azide groups is 1. The van der Waals surface area contributed by atoms with Crippen molar-refractivity contribution in [2.75, 3.05) is 6.54 Å². The zero-order valence-corrected chi connectivity index (χ0v) is 19.0. The number of rotatable bonds is 8. The zero-order valence-electron chi connectivity index (χ0n) is 19.0. The number of alkyl carbamates (subject to hydrolysis) is 1. The lowest BCUT2D eigenvalue weighted by Crippen LogP contribution is -2.32. The minimum Gasteiger partial charge on any atom is -0.444 e. The van der Waals surface area contributed by atoms with E-state index in [1.807, 2.05) is 57.2 Å². The number of benzene rings is 1. The van der Waals surface area contributed by atoms with Crippen LogP contribution in [0.5, 0.6) is 0 Å². The molecule has 3 aromatic rings. The van der Waals surface area contributed by atoms with Crippen LogP contribution in [0.3, 0.4) is 0 Å². The third-order valence-corrected chi connectivity index (χ3v) is 4.76. The lowest BCUT2D eigenvalue weighted by molar-refractivity contribution is 0.0534. The molecule has 1 N–H and O–H groups in total. The molecule has 9 heteroatoms. The molecule has 2 aromatic heterocycles. The quantitative estimate of drug-likeness (QED) is 0.203. The van der Waals surface area contributed by atoms with E-state index in [1.54, 1.807) is 0 Å². The Morgan fingerprint density at radius 3 is 2.78 bits per heavy atom. The number of carbonyl (C=O) groups is 1. The standard InChI is InChI=1S/C23H29N7O2/c1-5-6-13-18-27-19-20(16-11-7-8-12-17(16)26-21(19)28-29-24)30(18)15-10-9-14-25-22(31)32-23(2,3)4/h7-12H,5-6,13-15H2,1-4H3,(H,25,31)/b10-9+. The number of carbonyl (C=O) groups excluding carboxylic acids is 1. The second-order valence-corrected chi connectivity index (χ2v) is 8.44. The normalized spacial score (nSPS) is 11.8. The molecule has 0 saturated carbocycles. The van der Waals surface area contributed by atoms with Crippen LogP contribution in [0.2, 0.25) is 0 Å². The van der Waals surface area contributed by atoms with Crippen LogP contribution in [0.15, 0.2) is 41.5 Å². The van der Waals surface area contributed by atoms with Crippen LogP contribution in [0.4, 0.5) is 10.6 Å². The molecule has 2 heterocycles. The van der Waals surface area contributed by atoms with E-state index >= 15 is 0 Å². The SMILES string of the molecule is CCCCc1nc2c(N=[N+]=[N-])nc3ccccc3c2n1C/C=C/CNC(=O)OC(C)(C)C. The number of amides is 1. The van der Waals surface area contributed by atoms with Gasteiger partial charge in [-0.05, 0) is 43.9 Å². The second kappa shape index (κ2) is 10.2. The molecule has 1 amide bonds. The summed E-state index contributed by atoms with van der Waals surface area (Å²) in [6.07, 6.45) is 6.26. The van der Waals surface area contributed by atoms with Gasteiger partial charge in [-0.3, -0.25) is 0 Å². The Morgan fingerprint density at radius 1 is 1.28 bits per heavy atom. The molecule has 32 heavy (non-hydrogen) atoms. The number of para-hydroxylation sites is 1. The maximum Gasteiger partial charge on any atom is 0.407 e. The molecule has 0 aliphatic carbocycles. The van der Waals surface area contributed by atoms with Gasteiger partial charge in [0.25, 0.3) is 0 Å². The van der Waals surface area contributed by atoms with Gasteiger partial charge < -0.3 is 14.6 Å². The van der Waals surface area contributed by atoms with E-state index in [4.69, 9.17) is 15.3 Å². The highest BCUT2D eigenvalue weighted by molar-refractivity contribution is 6.06. The van der Waals surface area contributed by atoms with Crippen LogP contribution in [0.25, 0.3) is 32.4 Å². The highest BCUT2D eigenvalue weighted by Crippen LogP contribution is 2.32. The molecular weight excluding hydrogens is 406 g/mol. The number of pyridine rings is 1. The van der Waals surface area contributed by atoms with Gasteiger partial charge in [0.2, 0.25) is 0 Å². The van der Waals surface area contributed by atoms with Crippen molar-refractivity contribution in [1.29, 1.82) is 0 Å². The molecule has 1 aromatic carbocycles. The topological polar surface area (TPSA) is 118 Å². The summed E-state index contributed by atoms with van der Waals surface area (Å²) >= 11 is 0. The largest absolute Gasteiger partial charge is 0.444 e. The maximum absolute atomic E-state index is 11.8. The number of nitrogens with one attached hydrogen (secondary N) is 1. The Balaban J connectivity index is 1.93. The third-order valence-electron chi connectivity index (χ3n) is 4.76. The van der Waals surface area contributed by atoms with Crippen LogP contribution in [0.1, 0.15) is 46.4 Å². The molecule has 0 radical (unpaired) electrons. The van der Waals surface area contributed by atoms with Gasteiger partial charge in [-0.2, -0.15) is 0 Å². The van der Waals surface area contributed by atoms with Crippen molar-refractivity contribution >= 4 is 33.8 Å². The maximum atomic E-state index is 11.8. The molecular formula is C23H29N7O2. The number of unbranched alkanes of at least 4 members (excludes halogenated alkanes) is 1. The fourth-order valence-corrected chi connectivity index (χ4v) is 3.42. The van der Waals surface area contributed by atoms with Gasteiger partial charge in [-0.1, -0.05) is 43.7 Å². The second-order valence-electron chi connectivity index (χ2n) is 8.44. The van der Waals surface area contributed by atoms with E-state index < -0.39 is 11.7 Å². The molecule has 0 aliphatic rings. The molecule has 0 unspecified atom stereocenters. The molecule has 0 atom stereocenters. The van der Waals surface area contributed by atoms with E-state index in [9.17, 15) is 4.79 Å². The van der Waals surface area contributed by atoms with Crippen molar-refractivity contribution in [2.45, 2.75) is 59.1 Å². The van der Waals surface area contributed by atoms with E-state index in [2.05, 4.69) is 31.8 Å². The van der Waals surface area contributed by atoms with Crippen LogP contribution < -0.4 is 5.32 Å². The molecule has 0 aliphatic heterocycles. The summed E-state index contributed by atoms with van der Waals surface area (Å²) in [6, 6.07) is 7.76. The van der Waals surface area contributed by atoms with Gasteiger partial charge in [0.1, 0.15) is 16.9 Å². The number of imidazole rings is 1. The van der Waals surface area contributed by atoms with Crippen LogP contribution in [0, 0.1) is 0 Å². The Labute approximate surface area is 187 Å². The van der Waals surface area contributed by atoms with Crippen LogP contribution in [-0.2, 0) is 17.7 Å². The number of ether oxygens (including phenoxy) is 1. The number of hydrogen-bond acceptors (Lipinski definition) is 5. The summed E-state index contributed by atoms with van der Waals surface area (Å²) in [7, 11) is 0. The summed E-state index contributed by atoms with van der Waals surface area (Å²) in [5.74, 6) is 1.20. The fourth-order valence-electron chi connectivity index (χ4n) is 3.42. The first kappa shape index (κ1) is 23.1. The first-order valence-corrected chi connectivity index (χ1v) is 10.8. The van der Waals surface area contributed by atoms with Crippen molar-refractivity contribution in [2.24, 2.45) is 5.11 Å². The van der Waals surface area contributed by atoms with Gasteiger partial charge in [-0.15, -0.1) is 0 Å². The first-order valence-electron chi connectivity index (χ1n) is 10.8. The minimum atomic E-state index is -0.531. The van der Waals surface area contributed by atoms with Gasteiger partial charge >= 0.3 is 6.09 Å². The number of nitrogens with zero attached hydrogens (tertiary/aromatic N) is 6. The number of hydrogen-bond donors (Lipinski definition) is 1. The number of aryl methyl sites for hydroxylation is 1. The fraction of sp³-hybridized carbons (Fsp3) is 0.435. The lowest BCUT2D eigenvalue weighted by Gasteiger charge is -2.19. The van der Waals surface area contributed by atoms with Crippen LogP contribution >= 0.6 is 0 Å². The Morgan fingerprint density at radius 2 is 2.06 bits per heavy atom. The zero-order chi connectivity index (χ0) is 23.1. The van der Waals surface area contributed by atoms with Gasteiger partial charge in [0.15, 0.2) is 5.82 Å². The van der Waals surface area contributed by atoms with Crippen molar-refractivity contribution in [3.05, 3.63) is 52.7 Å². The van der Waals surface area contributed by atoms with Crippen molar-refractivity contribution in [3.63, 3.8) is 0 Å². The average molecular weight is 436 g/mol. The molecule has 3 rings (SSSR count). The first-order chi connectivity index (χ1) is 15.3. The number of allylic oxidation sites excluding steroid dienone is 1. The predicted molar refractivity (Wildman–Crippen MR) is 126 cm³/mol.